The van der Waals surface area contributed by atoms with Gasteiger partial charge >= 0.3 is 0 Å². The van der Waals surface area contributed by atoms with Crippen molar-refractivity contribution in [2.24, 2.45) is 5.41 Å². The number of hydrogen-bond donors (Lipinski definition) is 1. The van der Waals surface area contributed by atoms with Crippen molar-refractivity contribution in [3.63, 3.8) is 0 Å². The molecule has 0 fully saturated rings. The molecule has 0 bridgehead atoms. The molecule has 4 rings (SSSR count). The van der Waals surface area contributed by atoms with Crippen molar-refractivity contribution in [2.45, 2.75) is 20.3 Å². The predicted octanol–water partition coefficient (Wildman–Crippen LogP) is 4.22. The summed E-state index contributed by atoms with van der Waals surface area (Å²) >= 11 is 1.29. The van der Waals surface area contributed by atoms with Crippen LogP contribution in [0.15, 0.2) is 54.2 Å². The molecule has 0 spiro atoms. The first kappa shape index (κ1) is 18.2. The molecule has 2 heterocycles. The summed E-state index contributed by atoms with van der Waals surface area (Å²) in [4.78, 5) is 12.6. The lowest BCUT2D eigenvalue weighted by atomic mass is 9.84. The third-order valence-electron chi connectivity index (χ3n) is 4.54. The van der Waals surface area contributed by atoms with E-state index in [1.165, 1.54) is 23.5 Å². The van der Waals surface area contributed by atoms with Crippen LogP contribution in [0.5, 0.6) is 0 Å². The average molecular weight is 395 g/mol. The summed E-state index contributed by atoms with van der Waals surface area (Å²) in [5, 5.41) is 16.3. The lowest BCUT2D eigenvalue weighted by Crippen LogP contribution is -2.32. The summed E-state index contributed by atoms with van der Waals surface area (Å²) < 4.78 is 14.9. The Balaban J connectivity index is 1.56. The first-order chi connectivity index (χ1) is 13.4. The number of carbonyl (C=O) groups is 1. The number of anilines is 1. The molecule has 0 saturated carbocycles. The predicted molar refractivity (Wildman–Crippen MR) is 107 cm³/mol. The number of benzene rings is 2. The van der Waals surface area contributed by atoms with Crippen LogP contribution in [-0.4, -0.2) is 25.9 Å². The smallest absolute Gasteiger partial charge is 0.232 e. The van der Waals surface area contributed by atoms with Crippen molar-refractivity contribution >= 4 is 33.3 Å². The van der Waals surface area contributed by atoms with Gasteiger partial charge in [0.2, 0.25) is 11.0 Å². The SMILES string of the molecule is CC(C)(Cc1ccc2c(cnn2-c2ccc(F)cc2)c1)C(=O)Nc1nncs1. The fraction of sp³-hybridized carbons (Fsp3) is 0.200. The van der Waals surface area contributed by atoms with Crippen LogP contribution in [0.25, 0.3) is 16.6 Å². The van der Waals surface area contributed by atoms with E-state index in [1.807, 2.05) is 32.0 Å². The van der Waals surface area contributed by atoms with Gasteiger partial charge in [0, 0.05) is 10.8 Å². The monoisotopic (exact) mass is 395 g/mol. The maximum atomic E-state index is 13.2. The third kappa shape index (κ3) is 3.63. The maximum absolute atomic E-state index is 13.2. The van der Waals surface area contributed by atoms with Crippen molar-refractivity contribution in [1.82, 2.24) is 20.0 Å². The number of amides is 1. The van der Waals surface area contributed by atoms with Crippen LogP contribution in [0, 0.1) is 11.2 Å². The molecule has 28 heavy (non-hydrogen) atoms. The highest BCUT2D eigenvalue weighted by molar-refractivity contribution is 7.13. The summed E-state index contributed by atoms with van der Waals surface area (Å²) in [7, 11) is 0. The summed E-state index contributed by atoms with van der Waals surface area (Å²) in [6.45, 7) is 3.80. The van der Waals surface area contributed by atoms with E-state index in [2.05, 4.69) is 20.6 Å². The van der Waals surface area contributed by atoms with Gasteiger partial charge in [0.15, 0.2) is 0 Å². The zero-order valence-electron chi connectivity index (χ0n) is 15.4. The Morgan fingerprint density at radius 3 is 2.71 bits per heavy atom. The number of carbonyl (C=O) groups excluding carboxylic acids is 1. The van der Waals surface area contributed by atoms with E-state index in [-0.39, 0.29) is 11.7 Å². The van der Waals surface area contributed by atoms with Gasteiger partial charge in [-0.3, -0.25) is 4.79 Å². The Labute approximate surface area is 165 Å². The van der Waals surface area contributed by atoms with Crippen molar-refractivity contribution in [3.8, 4) is 5.69 Å². The van der Waals surface area contributed by atoms with Gasteiger partial charge in [-0.05, 0) is 48.4 Å². The standard InChI is InChI=1S/C20H18FN5OS/c1-20(2,18(27)24-19-25-22-12-28-19)10-13-3-8-17-14(9-13)11-23-26(17)16-6-4-15(21)5-7-16/h3-9,11-12H,10H2,1-2H3,(H,24,25,27). The van der Waals surface area contributed by atoms with Gasteiger partial charge in [-0.1, -0.05) is 31.3 Å². The van der Waals surface area contributed by atoms with E-state index in [9.17, 15) is 9.18 Å². The lowest BCUT2D eigenvalue weighted by Gasteiger charge is -2.23. The second-order valence-electron chi connectivity index (χ2n) is 7.18. The molecule has 0 aliphatic heterocycles. The second kappa shape index (κ2) is 7.12. The molecule has 0 saturated heterocycles. The van der Waals surface area contributed by atoms with Gasteiger partial charge in [-0.15, -0.1) is 10.2 Å². The molecule has 0 atom stereocenters. The van der Waals surface area contributed by atoms with Crippen molar-refractivity contribution < 1.29 is 9.18 Å². The van der Waals surface area contributed by atoms with Gasteiger partial charge in [0.05, 0.1) is 17.4 Å². The molecular formula is C20H18FN5OS. The number of nitrogens with one attached hydrogen (secondary N) is 1. The highest BCUT2D eigenvalue weighted by Crippen LogP contribution is 2.27. The van der Waals surface area contributed by atoms with Gasteiger partial charge < -0.3 is 5.32 Å². The molecule has 0 unspecified atom stereocenters. The molecule has 1 N–H and O–H groups in total. The normalized spacial score (nSPS) is 11.7. The van der Waals surface area contributed by atoms with Gasteiger partial charge in [-0.2, -0.15) is 5.10 Å². The van der Waals surface area contributed by atoms with Crippen molar-refractivity contribution in [1.29, 1.82) is 0 Å². The maximum Gasteiger partial charge on any atom is 0.232 e. The summed E-state index contributed by atoms with van der Waals surface area (Å²) in [6, 6.07) is 12.2. The Morgan fingerprint density at radius 2 is 2.00 bits per heavy atom. The van der Waals surface area contributed by atoms with Crippen LogP contribution in [0.2, 0.25) is 0 Å². The summed E-state index contributed by atoms with van der Waals surface area (Å²) in [5.41, 5.74) is 3.71. The Bertz CT molecular complexity index is 1120. The van der Waals surface area contributed by atoms with Crippen LogP contribution in [-0.2, 0) is 11.2 Å². The van der Waals surface area contributed by atoms with Crippen LogP contribution in [0.3, 0.4) is 0 Å². The minimum atomic E-state index is -0.619. The van der Waals surface area contributed by atoms with Crippen molar-refractivity contribution in [2.75, 3.05) is 5.32 Å². The molecule has 142 valence electrons. The van der Waals surface area contributed by atoms with E-state index in [0.717, 1.165) is 22.2 Å². The number of halogens is 1. The fourth-order valence-corrected chi connectivity index (χ4v) is 3.50. The quantitative estimate of drug-likeness (QED) is 0.549. The highest BCUT2D eigenvalue weighted by atomic mass is 32.1. The molecule has 0 radical (unpaired) electrons. The number of aromatic nitrogens is 4. The first-order valence-electron chi connectivity index (χ1n) is 8.73. The highest BCUT2D eigenvalue weighted by Gasteiger charge is 2.29. The first-order valence-corrected chi connectivity index (χ1v) is 9.60. The zero-order chi connectivity index (χ0) is 19.7. The number of hydrogen-bond acceptors (Lipinski definition) is 5. The van der Waals surface area contributed by atoms with E-state index < -0.39 is 5.41 Å². The molecule has 4 aromatic rings. The lowest BCUT2D eigenvalue weighted by molar-refractivity contribution is -0.123. The molecule has 2 aromatic heterocycles. The number of rotatable bonds is 5. The molecule has 0 aliphatic rings. The van der Waals surface area contributed by atoms with Crippen LogP contribution < -0.4 is 5.32 Å². The zero-order valence-corrected chi connectivity index (χ0v) is 16.2. The van der Waals surface area contributed by atoms with E-state index >= 15 is 0 Å². The summed E-state index contributed by atoms with van der Waals surface area (Å²) in [6.07, 6.45) is 2.34. The third-order valence-corrected chi connectivity index (χ3v) is 5.15. The van der Waals surface area contributed by atoms with Crippen molar-refractivity contribution in [3.05, 3.63) is 65.6 Å². The molecule has 0 aliphatic carbocycles. The van der Waals surface area contributed by atoms with E-state index in [4.69, 9.17) is 0 Å². The molecular weight excluding hydrogens is 377 g/mol. The Morgan fingerprint density at radius 1 is 1.21 bits per heavy atom. The minimum Gasteiger partial charge on any atom is -0.300 e. The van der Waals surface area contributed by atoms with Gasteiger partial charge in [-0.25, -0.2) is 9.07 Å². The van der Waals surface area contributed by atoms with E-state index in [0.29, 0.717) is 11.6 Å². The van der Waals surface area contributed by atoms with Crippen LogP contribution in [0.4, 0.5) is 9.52 Å². The largest absolute Gasteiger partial charge is 0.300 e. The topological polar surface area (TPSA) is 72.7 Å². The molecule has 1 amide bonds. The van der Waals surface area contributed by atoms with E-state index in [1.54, 1.807) is 28.5 Å². The minimum absolute atomic E-state index is 0.105. The molecule has 8 heteroatoms. The van der Waals surface area contributed by atoms with Gasteiger partial charge in [0.1, 0.15) is 11.3 Å². The Hall–Kier alpha value is -3.13. The average Bonchev–Trinajstić information content (AvgIpc) is 3.31. The van der Waals surface area contributed by atoms with Gasteiger partial charge in [0.25, 0.3) is 0 Å². The number of fused-ring (bicyclic) bond motifs is 1. The van der Waals surface area contributed by atoms with Crippen LogP contribution in [0.1, 0.15) is 19.4 Å². The van der Waals surface area contributed by atoms with Crippen LogP contribution >= 0.6 is 11.3 Å². The number of nitrogens with zero attached hydrogens (tertiary/aromatic N) is 4. The Kier molecular flexibility index (Phi) is 4.64. The molecule has 6 nitrogen and oxygen atoms in total. The summed E-state index contributed by atoms with van der Waals surface area (Å²) in [5.74, 6) is -0.386. The fourth-order valence-electron chi connectivity index (χ4n) is 3.06. The molecule has 2 aromatic carbocycles. The second-order valence-corrected chi connectivity index (χ2v) is 8.02.